The van der Waals surface area contributed by atoms with Gasteiger partial charge in [0.25, 0.3) is 0 Å². The van der Waals surface area contributed by atoms with Crippen molar-refractivity contribution < 1.29 is 13.9 Å². The van der Waals surface area contributed by atoms with Crippen LogP contribution >= 0.6 is 0 Å². The van der Waals surface area contributed by atoms with Crippen molar-refractivity contribution in [3.05, 3.63) is 11.8 Å². The molecule has 1 aromatic rings. The van der Waals surface area contributed by atoms with E-state index in [4.69, 9.17) is 9.15 Å². The number of amides is 1. The van der Waals surface area contributed by atoms with Crippen LogP contribution in [0.2, 0.25) is 0 Å². The number of rotatable bonds is 5. The first kappa shape index (κ1) is 20.7. The van der Waals surface area contributed by atoms with Gasteiger partial charge in [0.15, 0.2) is 0 Å². The van der Waals surface area contributed by atoms with E-state index in [1.807, 2.05) is 46.4 Å². The van der Waals surface area contributed by atoms with Crippen LogP contribution in [0.25, 0.3) is 0 Å². The molecule has 0 bridgehead atoms. The highest BCUT2D eigenvalue weighted by Crippen LogP contribution is 2.27. The molecular formula is C19H34N4O3. The van der Waals surface area contributed by atoms with E-state index in [0.29, 0.717) is 24.2 Å². The minimum atomic E-state index is -0.479. The molecule has 1 fully saturated rings. The second-order valence-corrected chi connectivity index (χ2v) is 8.56. The number of aromatic nitrogens is 2. The van der Waals surface area contributed by atoms with E-state index in [2.05, 4.69) is 22.0 Å². The molecule has 0 aliphatic carbocycles. The Balaban J connectivity index is 1.99. The molecule has 0 spiro atoms. The molecule has 7 nitrogen and oxygen atoms in total. The third kappa shape index (κ3) is 5.69. The fourth-order valence-corrected chi connectivity index (χ4v) is 3.33. The van der Waals surface area contributed by atoms with Gasteiger partial charge in [-0.15, -0.1) is 10.2 Å². The number of nitrogens with zero attached hydrogens (tertiary/aromatic N) is 4. The van der Waals surface area contributed by atoms with Crippen LogP contribution in [0.3, 0.4) is 0 Å². The topological polar surface area (TPSA) is 71.7 Å². The lowest BCUT2D eigenvalue weighted by Crippen LogP contribution is -2.47. The molecule has 2 unspecified atom stereocenters. The molecule has 1 aromatic heterocycles. The third-order valence-electron chi connectivity index (χ3n) is 4.70. The number of piperidine rings is 1. The van der Waals surface area contributed by atoms with Crippen molar-refractivity contribution in [2.45, 2.75) is 79.0 Å². The van der Waals surface area contributed by atoms with Crippen molar-refractivity contribution in [3.63, 3.8) is 0 Å². The molecule has 2 rings (SSSR count). The second-order valence-electron chi connectivity index (χ2n) is 8.56. The SMILES string of the molecule is Cc1nnc(C(C)N2CCCC(CN(C(=O)OC(C)(C)C)C(C)C)C2)o1. The van der Waals surface area contributed by atoms with Gasteiger partial charge in [-0.1, -0.05) is 0 Å². The summed E-state index contributed by atoms with van der Waals surface area (Å²) < 4.78 is 11.2. The van der Waals surface area contributed by atoms with Crippen LogP contribution in [-0.2, 0) is 4.74 Å². The zero-order valence-corrected chi connectivity index (χ0v) is 17.3. The lowest BCUT2D eigenvalue weighted by Gasteiger charge is -2.39. The maximum absolute atomic E-state index is 12.6. The molecular weight excluding hydrogens is 332 g/mol. The molecule has 1 aliphatic heterocycles. The van der Waals surface area contributed by atoms with E-state index in [1.54, 1.807) is 0 Å². The predicted molar refractivity (Wildman–Crippen MR) is 99.8 cm³/mol. The third-order valence-corrected chi connectivity index (χ3v) is 4.70. The summed E-state index contributed by atoms with van der Waals surface area (Å²) in [6.45, 7) is 16.3. The van der Waals surface area contributed by atoms with Crippen molar-refractivity contribution in [1.29, 1.82) is 0 Å². The number of hydrogen-bond acceptors (Lipinski definition) is 6. The quantitative estimate of drug-likeness (QED) is 0.789. The van der Waals surface area contributed by atoms with E-state index >= 15 is 0 Å². The highest BCUT2D eigenvalue weighted by atomic mass is 16.6. The molecule has 0 aromatic carbocycles. The Bertz CT molecular complexity index is 594. The molecule has 148 valence electrons. The minimum Gasteiger partial charge on any atom is -0.444 e. The monoisotopic (exact) mass is 366 g/mol. The van der Waals surface area contributed by atoms with Gasteiger partial charge in [-0.25, -0.2) is 4.79 Å². The standard InChI is InChI=1S/C19H34N4O3/c1-13(2)23(18(24)26-19(5,6)7)12-16-9-8-10-22(11-16)14(3)17-21-20-15(4)25-17/h13-14,16H,8-12H2,1-7H3. The fraction of sp³-hybridized carbons (Fsp3) is 0.842. The maximum Gasteiger partial charge on any atom is 0.410 e. The average Bonchev–Trinajstić information content (AvgIpc) is 2.96. The predicted octanol–water partition coefficient (Wildman–Crippen LogP) is 3.80. The zero-order chi connectivity index (χ0) is 19.5. The first-order valence-corrected chi connectivity index (χ1v) is 9.60. The summed E-state index contributed by atoms with van der Waals surface area (Å²) in [7, 11) is 0. The summed E-state index contributed by atoms with van der Waals surface area (Å²) in [5, 5.41) is 8.10. The van der Waals surface area contributed by atoms with Crippen LogP contribution in [0.15, 0.2) is 4.42 Å². The van der Waals surface area contributed by atoms with Crippen molar-refractivity contribution in [2.75, 3.05) is 19.6 Å². The molecule has 2 atom stereocenters. The van der Waals surface area contributed by atoms with Gasteiger partial charge in [0.1, 0.15) is 5.60 Å². The van der Waals surface area contributed by atoms with E-state index in [0.717, 1.165) is 25.9 Å². The first-order chi connectivity index (χ1) is 12.1. The zero-order valence-electron chi connectivity index (χ0n) is 17.3. The van der Waals surface area contributed by atoms with E-state index in [1.165, 1.54) is 0 Å². The summed E-state index contributed by atoms with van der Waals surface area (Å²) in [4.78, 5) is 16.8. The fourth-order valence-electron chi connectivity index (χ4n) is 3.33. The number of likely N-dealkylation sites (tertiary alicyclic amines) is 1. The van der Waals surface area contributed by atoms with Crippen molar-refractivity contribution in [1.82, 2.24) is 20.0 Å². The smallest absolute Gasteiger partial charge is 0.410 e. The lowest BCUT2D eigenvalue weighted by atomic mass is 9.96. The Kier molecular flexibility index (Phi) is 6.66. The Morgan fingerprint density at radius 1 is 1.35 bits per heavy atom. The number of aryl methyl sites for hydroxylation is 1. The average molecular weight is 367 g/mol. The van der Waals surface area contributed by atoms with Gasteiger partial charge in [0.2, 0.25) is 11.8 Å². The van der Waals surface area contributed by atoms with Gasteiger partial charge in [0.05, 0.1) is 6.04 Å². The Morgan fingerprint density at radius 3 is 2.58 bits per heavy atom. The van der Waals surface area contributed by atoms with Gasteiger partial charge in [-0.05, 0) is 66.8 Å². The van der Waals surface area contributed by atoms with E-state index in [-0.39, 0.29) is 18.2 Å². The molecule has 1 aliphatic rings. The van der Waals surface area contributed by atoms with Gasteiger partial charge in [0, 0.05) is 26.1 Å². The highest BCUT2D eigenvalue weighted by Gasteiger charge is 2.31. The van der Waals surface area contributed by atoms with Crippen LogP contribution in [0, 0.1) is 12.8 Å². The summed E-state index contributed by atoms with van der Waals surface area (Å²) in [5.41, 5.74) is -0.479. The summed E-state index contributed by atoms with van der Waals surface area (Å²) in [5.74, 6) is 1.66. The molecule has 0 radical (unpaired) electrons. The summed E-state index contributed by atoms with van der Waals surface area (Å²) >= 11 is 0. The number of carbonyl (C=O) groups excluding carboxylic acids is 1. The van der Waals surface area contributed by atoms with Gasteiger partial charge >= 0.3 is 6.09 Å². The molecule has 26 heavy (non-hydrogen) atoms. The highest BCUT2D eigenvalue weighted by molar-refractivity contribution is 5.68. The Labute approximate surface area is 157 Å². The number of hydrogen-bond donors (Lipinski definition) is 0. The number of carbonyl (C=O) groups is 1. The van der Waals surface area contributed by atoms with Crippen LogP contribution in [-0.4, -0.2) is 57.4 Å². The maximum atomic E-state index is 12.6. The first-order valence-electron chi connectivity index (χ1n) is 9.60. The minimum absolute atomic E-state index is 0.0908. The van der Waals surface area contributed by atoms with Crippen molar-refractivity contribution >= 4 is 6.09 Å². The van der Waals surface area contributed by atoms with Gasteiger partial charge in [-0.3, -0.25) is 4.90 Å². The van der Waals surface area contributed by atoms with Crippen molar-refractivity contribution in [2.24, 2.45) is 5.92 Å². The normalized spacial score (nSPS) is 20.2. The summed E-state index contributed by atoms with van der Waals surface area (Å²) in [6.07, 6.45) is 1.98. The van der Waals surface area contributed by atoms with Gasteiger partial charge < -0.3 is 14.1 Å². The molecule has 0 N–H and O–H groups in total. The number of ether oxygens (including phenoxy) is 1. The van der Waals surface area contributed by atoms with Crippen LogP contribution in [0.5, 0.6) is 0 Å². The Morgan fingerprint density at radius 2 is 2.04 bits per heavy atom. The molecule has 1 amide bonds. The van der Waals surface area contributed by atoms with E-state index < -0.39 is 5.60 Å². The lowest BCUT2D eigenvalue weighted by molar-refractivity contribution is 0.0102. The summed E-state index contributed by atoms with van der Waals surface area (Å²) in [6, 6.07) is 0.198. The van der Waals surface area contributed by atoms with Crippen LogP contribution < -0.4 is 0 Å². The van der Waals surface area contributed by atoms with E-state index in [9.17, 15) is 4.79 Å². The molecule has 1 saturated heterocycles. The van der Waals surface area contributed by atoms with Crippen molar-refractivity contribution in [3.8, 4) is 0 Å². The van der Waals surface area contributed by atoms with Crippen LogP contribution in [0.1, 0.15) is 72.2 Å². The molecule has 2 heterocycles. The van der Waals surface area contributed by atoms with Crippen LogP contribution in [0.4, 0.5) is 4.79 Å². The molecule has 7 heteroatoms. The second kappa shape index (κ2) is 8.37. The largest absolute Gasteiger partial charge is 0.444 e. The van der Waals surface area contributed by atoms with Gasteiger partial charge in [-0.2, -0.15) is 0 Å². The molecule has 0 saturated carbocycles. The Hall–Kier alpha value is -1.63.